The van der Waals surface area contributed by atoms with Gasteiger partial charge in [-0.25, -0.2) is 4.98 Å². The number of thiophene rings is 1. The third kappa shape index (κ3) is 2.64. The molecule has 0 fully saturated rings. The number of aromatic nitrogens is 1. The van der Waals surface area contributed by atoms with Gasteiger partial charge in [0.2, 0.25) is 0 Å². The zero-order chi connectivity index (χ0) is 11.4. The lowest BCUT2D eigenvalue weighted by Crippen LogP contribution is -2.16. The Bertz CT molecular complexity index is 452. The van der Waals surface area contributed by atoms with Crippen molar-refractivity contribution in [2.45, 2.75) is 13.3 Å². The number of oxazole rings is 1. The molecule has 2 aromatic heterocycles. The molecular formula is C11H13ClN2OS. The van der Waals surface area contributed by atoms with Crippen molar-refractivity contribution < 1.29 is 4.42 Å². The fraction of sp³-hybridized carbons (Fsp3) is 0.364. The molecule has 0 spiro atoms. The molecule has 2 rings (SSSR count). The van der Waals surface area contributed by atoms with Crippen molar-refractivity contribution in [2.24, 2.45) is 0 Å². The first-order valence-corrected chi connectivity index (χ1v) is 6.45. The highest BCUT2D eigenvalue weighted by molar-refractivity contribution is 7.14. The van der Waals surface area contributed by atoms with Crippen LogP contribution in [0.25, 0.3) is 10.6 Å². The summed E-state index contributed by atoms with van der Waals surface area (Å²) in [6, 6.07) is 1.86. The number of hydrogen-bond donors (Lipinski definition) is 1. The highest BCUT2D eigenvalue weighted by Gasteiger charge is 2.10. The maximum Gasteiger partial charge on any atom is 0.196 e. The van der Waals surface area contributed by atoms with Crippen LogP contribution in [0.1, 0.15) is 12.8 Å². The van der Waals surface area contributed by atoms with Gasteiger partial charge < -0.3 is 9.73 Å². The van der Waals surface area contributed by atoms with Crippen LogP contribution in [-0.4, -0.2) is 18.1 Å². The molecule has 3 nitrogen and oxygen atoms in total. The molecule has 0 radical (unpaired) electrons. The molecule has 0 aromatic carbocycles. The minimum Gasteiger partial charge on any atom is -0.440 e. The summed E-state index contributed by atoms with van der Waals surface area (Å²) < 4.78 is 5.63. The summed E-state index contributed by atoms with van der Waals surface area (Å²) in [5.41, 5.74) is 0. The number of nitrogens with one attached hydrogen (secondary N) is 1. The van der Waals surface area contributed by atoms with E-state index < -0.39 is 0 Å². The quantitative estimate of drug-likeness (QED) is 0.835. The summed E-state index contributed by atoms with van der Waals surface area (Å²) in [7, 11) is 0. The second kappa shape index (κ2) is 5.48. The molecule has 0 saturated carbocycles. The second-order valence-corrected chi connectivity index (χ2v) is 4.64. The van der Waals surface area contributed by atoms with Gasteiger partial charge in [0.15, 0.2) is 11.7 Å². The number of likely N-dealkylation sites (N-methyl/N-ethyl adjacent to an activating group) is 1. The van der Waals surface area contributed by atoms with Crippen molar-refractivity contribution in [3.05, 3.63) is 28.6 Å². The maximum absolute atomic E-state index is 6.02. The molecule has 0 aliphatic rings. The van der Waals surface area contributed by atoms with Gasteiger partial charge >= 0.3 is 0 Å². The van der Waals surface area contributed by atoms with Crippen LogP contribution in [0.4, 0.5) is 0 Å². The number of halogens is 1. The van der Waals surface area contributed by atoms with Crippen molar-refractivity contribution in [3.8, 4) is 10.6 Å². The molecule has 1 N–H and O–H groups in total. The molecule has 0 unspecified atom stereocenters. The normalized spacial score (nSPS) is 10.9. The first-order valence-electron chi connectivity index (χ1n) is 5.20. The van der Waals surface area contributed by atoms with Gasteiger partial charge in [0, 0.05) is 13.0 Å². The molecular weight excluding hydrogens is 244 g/mol. The molecule has 0 aliphatic carbocycles. The van der Waals surface area contributed by atoms with Gasteiger partial charge in [-0.1, -0.05) is 18.5 Å². The number of hydrogen-bond acceptors (Lipinski definition) is 4. The van der Waals surface area contributed by atoms with E-state index in [1.54, 1.807) is 17.5 Å². The van der Waals surface area contributed by atoms with E-state index >= 15 is 0 Å². The lowest BCUT2D eigenvalue weighted by molar-refractivity contribution is 0.498. The van der Waals surface area contributed by atoms with Gasteiger partial charge in [-0.2, -0.15) is 0 Å². The predicted octanol–water partition coefficient (Wildman–Crippen LogP) is 3.21. The van der Waals surface area contributed by atoms with Gasteiger partial charge in [-0.3, -0.25) is 0 Å². The molecule has 0 bridgehead atoms. The average molecular weight is 257 g/mol. The Morgan fingerprint density at radius 3 is 3.12 bits per heavy atom. The van der Waals surface area contributed by atoms with Gasteiger partial charge in [-0.15, -0.1) is 11.3 Å². The van der Waals surface area contributed by atoms with E-state index in [1.165, 1.54) is 0 Å². The predicted molar refractivity (Wildman–Crippen MR) is 67.1 cm³/mol. The van der Waals surface area contributed by atoms with Crippen molar-refractivity contribution in [1.29, 1.82) is 0 Å². The first-order chi connectivity index (χ1) is 7.81. The van der Waals surface area contributed by atoms with E-state index in [0.717, 1.165) is 41.1 Å². The minimum absolute atomic E-state index is 0.722. The van der Waals surface area contributed by atoms with E-state index in [2.05, 4.69) is 17.2 Å². The van der Waals surface area contributed by atoms with Crippen molar-refractivity contribution in [2.75, 3.05) is 13.1 Å². The van der Waals surface area contributed by atoms with Crippen LogP contribution < -0.4 is 5.32 Å². The Morgan fingerprint density at radius 2 is 2.44 bits per heavy atom. The van der Waals surface area contributed by atoms with E-state index in [-0.39, 0.29) is 0 Å². The Labute approximate surface area is 103 Å². The molecule has 86 valence electrons. The highest BCUT2D eigenvalue weighted by atomic mass is 35.5. The smallest absolute Gasteiger partial charge is 0.196 e. The molecule has 0 amide bonds. The highest BCUT2D eigenvalue weighted by Crippen LogP contribution is 2.33. The molecule has 0 aliphatic heterocycles. The lowest BCUT2D eigenvalue weighted by atomic mass is 10.4. The average Bonchev–Trinajstić information content (AvgIpc) is 2.87. The molecule has 0 saturated heterocycles. The Kier molecular flexibility index (Phi) is 3.98. The zero-order valence-corrected chi connectivity index (χ0v) is 10.6. The summed E-state index contributed by atoms with van der Waals surface area (Å²) in [6.07, 6.45) is 2.54. The van der Waals surface area contributed by atoms with E-state index in [9.17, 15) is 0 Å². The minimum atomic E-state index is 0.722. The fourth-order valence-corrected chi connectivity index (χ4v) is 2.47. The third-order valence-corrected chi connectivity index (χ3v) is 3.52. The van der Waals surface area contributed by atoms with E-state index in [4.69, 9.17) is 16.0 Å². The Balaban J connectivity index is 2.05. The van der Waals surface area contributed by atoms with Gasteiger partial charge in [-0.05, 0) is 18.0 Å². The van der Waals surface area contributed by atoms with E-state index in [0.29, 0.717) is 0 Å². The second-order valence-electron chi connectivity index (χ2n) is 3.32. The molecule has 2 aromatic rings. The summed E-state index contributed by atoms with van der Waals surface area (Å²) in [5.74, 6) is 1.51. The molecule has 0 atom stereocenters. The Morgan fingerprint density at radius 1 is 1.56 bits per heavy atom. The van der Waals surface area contributed by atoms with Crippen LogP contribution in [0, 0.1) is 0 Å². The standard InChI is InChI=1S/C11H13ClN2OS/c1-2-13-5-3-10-14-7-9(15-10)11-8(12)4-6-16-11/h4,6-7,13H,2-3,5H2,1H3. The van der Waals surface area contributed by atoms with Crippen molar-refractivity contribution in [1.82, 2.24) is 10.3 Å². The summed E-state index contributed by atoms with van der Waals surface area (Å²) in [4.78, 5) is 5.17. The SMILES string of the molecule is CCNCCc1ncc(-c2sccc2Cl)o1. The van der Waals surface area contributed by atoms with Gasteiger partial charge in [0.1, 0.15) is 0 Å². The topological polar surface area (TPSA) is 38.1 Å². The Hall–Kier alpha value is -0.840. The monoisotopic (exact) mass is 256 g/mol. The van der Waals surface area contributed by atoms with Crippen LogP contribution >= 0.6 is 22.9 Å². The van der Waals surface area contributed by atoms with Gasteiger partial charge in [0.25, 0.3) is 0 Å². The largest absolute Gasteiger partial charge is 0.440 e. The number of nitrogens with zero attached hydrogens (tertiary/aromatic N) is 1. The summed E-state index contributed by atoms with van der Waals surface area (Å²) in [6.45, 7) is 3.92. The first kappa shape index (κ1) is 11.6. The number of rotatable bonds is 5. The summed E-state index contributed by atoms with van der Waals surface area (Å²) in [5, 5.41) is 5.89. The van der Waals surface area contributed by atoms with Crippen LogP contribution in [0.3, 0.4) is 0 Å². The molecule has 2 heterocycles. The van der Waals surface area contributed by atoms with Crippen LogP contribution in [0.15, 0.2) is 22.1 Å². The summed E-state index contributed by atoms with van der Waals surface area (Å²) >= 11 is 7.58. The van der Waals surface area contributed by atoms with Crippen molar-refractivity contribution in [3.63, 3.8) is 0 Å². The van der Waals surface area contributed by atoms with Crippen molar-refractivity contribution >= 4 is 22.9 Å². The fourth-order valence-electron chi connectivity index (χ4n) is 1.37. The van der Waals surface area contributed by atoms with Crippen LogP contribution in [-0.2, 0) is 6.42 Å². The molecule has 16 heavy (non-hydrogen) atoms. The lowest BCUT2D eigenvalue weighted by Gasteiger charge is -1.96. The third-order valence-electron chi connectivity index (χ3n) is 2.16. The van der Waals surface area contributed by atoms with Gasteiger partial charge in [0.05, 0.1) is 16.1 Å². The van der Waals surface area contributed by atoms with E-state index in [1.807, 2.05) is 11.4 Å². The van der Waals surface area contributed by atoms with Crippen LogP contribution in [0.5, 0.6) is 0 Å². The van der Waals surface area contributed by atoms with Crippen LogP contribution in [0.2, 0.25) is 5.02 Å². The maximum atomic E-state index is 6.02. The zero-order valence-electron chi connectivity index (χ0n) is 9.00. The molecule has 5 heteroatoms.